The van der Waals surface area contributed by atoms with Crippen LogP contribution in [0.1, 0.15) is 18.4 Å². The number of hydrogen-bond acceptors (Lipinski definition) is 4. The molecule has 0 radical (unpaired) electrons. The van der Waals surface area contributed by atoms with Crippen molar-refractivity contribution in [2.75, 3.05) is 38.7 Å². The van der Waals surface area contributed by atoms with Crippen LogP contribution in [-0.2, 0) is 6.42 Å². The second-order valence-corrected chi connectivity index (χ2v) is 6.84. The highest BCUT2D eigenvalue weighted by molar-refractivity contribution is 14.0. The summed E-state index contributed by atoms with van der Waals surface area (Å²) >= 11 is 0. The minimum absolute atomic E-state index is 0. The molecule has 158 valence electrons. The van der Waals surface area contributed by atoms with Crippen LogP contribution in [0.5, 0.6) is 5.75 Å². The Morgan fingerprint density at radius 2 is 2.21 bits per heavy atom. The number of halogens is 2. The second-order valence-electron chi connectivity index (χ2n) is 6.84. The molecule has 29 heavy (non-hydrogen) atoms. The summed E-state index contributed by atoms with van der Waals surface area (Å²) in [6, 6.07) is 11.4. The molecular weight excluding hydrogens is 484 g/mol. The molecule has 2 N–H and O–H groups in total. The summed E-state index contributed by atoms with van der Waals surface area (Å²) in [7, 11) is 3.45. The standard InChI is InChI=1S/C21H28FN5O.HI/c1-23-21(25-12-4-7-16-6-3-8-18(14-16)28-2)26-17-10-13-27(15-17)20-19(22)9-5-11-24-20;/h3,5-6,8-9,11,14,17H,4,7,10,12-13,15H2,1-2H3,(H2,23,25,26);1H. The number of aryl methyl sites for hydroxylation is 1. The third-order valence-electron chi connectivity index (χ3n) is 4.86. The van der Waals surface area contributed by atoms with Crippen LogP contribution in [0.15, 0.2) is 47.6 Å². The number of pyridine rings is 1. The van der Waals surface area contributed by atoms with Crippen LogP contribution >= 0.6 is 24.0 Å². The van der Waals surface area contributed by atoms with Crippen molar-refractivity contribution in [3.8, 4) is 5.75 Å². The average molecular weight is 513 g/mol. The molecule has 1 aliphatic heterocycles. The number of aromatic nitrogens is 1. The number of benzene rings is 1. The topological polar surface area (TPSA) is 61.8 Å². The minimum atomic E-state index is -0.275. The summed E-state index contributed by atoms with van der Waals surface area (Å²) in [5, 5.41) is 6.79. The molecule has 1 aliphatic rings. The van der Waals surface area contributed by atoms with E-state index in [1.165, 1.54) is 11.6 Å². The number of nitrogens with zero attached hydrogens (tertiary/aromatic N) is 3. The maximum Gasteiger partial charge on any atom is 0.191 e. The van der Waals surface area contributed by atoms with Gasteiger partial charge in [0, 0.05) is 38.9 Å². The number of aliphatic imine (C=N–C) groups is 1. The molecule has 0 saturated carbocycles. The predicted molar refractivity (Wildman–Crippen MR) is 126 cm³/mol. The van der Waals surface area contributed by atoms with Crippen LogP contribution in [-0.4, -0.2) is 50.8 Å². The van der Waals surface area contributed by atoms with Gasteiger partial charge in [0.15, 0.2) is 17.6 Å². The van der Waals surface area contributed by atoms with Crippen molar-refractivity contribution in [1.82, 2.24) is 15.6 Å². The summed E-state index contributed by atoms with van der Waals surface area (Å²) in [5.41, 5.74) is 1.26. The zero-order valence-electron chi connectivity index (χ0n) is 16.9. The van der Waals surface area contributed by atoms with Crippen molar-refractivity contribution in [2.24, 2.45) is 4.99 Å². The molecule has 1 atom stereocenters. The Balaban J connectivity index is 0.00000300. The lowest BCUT2D eigenvalue weighted by atomic mass is 10.1. The third-order valence-corrected chi connectivity index (χ3v) is 4.86. The fourth-order valence-corrected chi connectivity index (χ4v) is 3.40. The van der Waals surface area contributed by atoms with Gasteiger partial charge in [-0.15, -0.1) is 24.0 Å². The molecule has 3 rings (SSSR count). The molecule has 1 saturated heterocycles. The highest BCUT2D eigenvalue weighted by atomic mass is 127. The van der Waals surface area contributed by atoms with E-state index in [4.69, 9.17) is 4.74 Å². The van der Waals surface area contributed by atoms with Crippen molar-refractivity contribution < 1.29 is 9.13 Å². The molecular formula is C21H29FIN5O. The van der Waals surface area contributed by atoms with E-state index < -0.39 is 0 Å². The highest BCUT2D eigenvalue weighted by Crippen LogP contribution is 2.20. The number of rotatable bonds is 7. The van der Waals surface area contributed by atoms with E-state index in [2.05, 4.69) is 32.7 Å². The van der Waals surface area contributed by atoms with E-state index in [0.717, 1.165) is 44.1 Å². The monoisotopic (exact) mass is 513 g/mol. The van der Waals surface area contributed by atoms with Gasteiger partial charge in [0.05, 0.1) is 7.11 Å². The Hall–Kier alpha value is -2.10. The molecule has 6 nitrogen and oxygen atoms in total. The molecule has 0 spiro atoms. The molecule has 0 amide bonds. The Morgan fingerprint density at radius 3 is 2.97 bits per heavy atom. The Morgan fingerprint density at radius 1 is 1.34 bits per heavy atom. The fraction of sp³-hybridized carbons (Fsp3) is 0.429. The van der Waals surface area contributed by atoms with Crippen LogP contribution in [0, 0.1) is 5.82 Å². The SMILES string of the molecule is CN=C(NCCCc1cccc(OC)c1)NC1CCN(c2ncccc2F)C1.I. The van der Waals surface area contributed by atoms with E-state index in [1.807, 2.05) is 17.0 Å². The molecule has 1 unspecified atom stereocenters. The van der Waals surface area contributed by atoms with E-state index in [1.54, 1.807) is 26.4 Å². The Labute approximate surface area is 189 Å². The van der Waals surface area contributed by atoms with Gasteiger partial charge in [0.2, 0.25) is 0 Å². The molecule has 0 aliphatic carbocycles. The first-order chi connectivity index (χ1) is 13.7. The van der Waals surface area contributed by atoms with Gasteiger partial charge in [0.25, 0.3) is 0 Å². The van der Waals surface area contributed by atoms with Gasteiger partial charge < -0.3 is 20.3 Å². The number of ether oxygens (including phenoxy) is 1. The quantitative estimate of drug-likeness (QED) is 0.258. The van der Waals surface area contributed by atoms with Gasteiger partial charge in [-0.2, -0.15) is 0 Å². The van der Waals surface area contributed by atoms with Crippen molar-refractivity contribution in [1.29, 1.82) is 0 Å². The lowest BCUT2D eigenvalue weighted by Gasteiger charge is -2.20. The van der Waals surface area contributed by atoms with E-state index >= 15 is 0 Å². The summed E-state index contributed by atoms with van der Waals surface area (Å²) in [5.74, 6) is 1.81. The van der Waals surface area contributed by atoms with Crippen molar-refractivity contribution >= 4 is 35.8 Å². The van der Waals surface area contributed by atoms with Gasteiger partial charge in [0.1, 0.15) is 5.75 Å². The van der Waals surface area contributed by atoms with Crippen LogP contribution in [0.25, 0.3) is 0 Å². The lowest BCUT2D eigenvalue weighted by Crippen LogP contribution is -2.45. The average Bonchev–Trinajstić information content (AvgIpc) is 3.19. The first kappa shape index (κ1) is 23.2. The van der Waals surface area contributed by atoms with Crippen LogP contribution in [0.4, 0.5) is 10.2 Å². The van der Waals surface area contributed by atoms with Crippen molar-refractivity contribution in [3.63, 3.8) is 0 Å². The molecule has 2 heterocycles. The molecule has 2 aromatic rings. The van der Waals surface area contributed by atoms with Gasteiger partial charge in [-0.3, -0.25) is 4.99 Å². The van der Waals surface area contributed by atoms with Gasteiger partial charge in [-0.05, 0) is 49.1 Å². The van der Waals surface area contributed by atoms with Crippen LogP contribution in [0.2, 0.25) is 0 Å². The van der Waals surface area contributed by atoms with Crippen LogP contribution < -0.4 is 20.3 Å². The largest absolute Gasteiger partial charge is 0.497 e. The van der Waals surface area contributed by atoms with E-state index in [-0.39, 0.29) is 35.8 Å². The fourth-order valence-electron chi connectivity index (χ4n) is 3.40. The second kappa shape index (κ2) is 11.8. The third kappa shape index (κ3) is 6.73. The Bertz CT molecular complexity index is 804. The zero-order valence-corrected chi connectivity index (χ0v) is 19.2. The summed E-state index contributed by atoms with van der Waals surface area (Å²) < 4.78 is 19.2. The number of nitrogens with one attached hydrogen (secondary N) is 2. The maximum absolute atomic E-state index is 13.9. The maximum atomic E-state index is 13.9. The lowest BCUT2D eigenvalue weighted by molar-refractivity contribution is 0.414. The Kier molecular flexibility index (Phi) is 9.43. The van der Waals surface area contributed by atoms with Gasteiger partial charge in [-0.1, -0.05) is 12.1 Å². The van der Waals surface area contributed by atoms with Gasteiger partial charge >= 0.3 is 0 Å². The molecule has 0 bridgehead atoms. The number of methoxy groups -OCH3 is 1. The molecule has 8 heteroatoms. The zero-order chi connectivity index (χ0) is 19.8. The first-order valence-corrected chi connectivity index (χ1v) is 9.65. The van der Waals surface area contributed by atoms with E-state index in [0.29, 0.717) is 12.4 Å². The first-order valence-electron chi connectivity index (χ1n) is 9.65. The summed E-state index contributed by atoms with van der Waals surface area (Å²) in [4.78, 5) is 10.4. The number of hydrogen-bond donors (Lipinski definition) is 2. The van der Waals surface area contributed by atoms with Crippen LogP contribution in [0.3, 0.4) is 0 Å². The number of anilines is 1. The van der Waals surface area contributed by atoms with E-state index in [9.17, 15) is 4.39 Å². The summed E-state index contributed by atoms with van der Waals surface area (Å²) in [6.45, 7) is 2.30. The smallest absolute Gasteiger partial charge is 0.191 e. The molecule has 1 fully saturated rings. The van der Waals surface area contributed by atoms with Gasteiger partial charge in [-0.25, -0.2) is 9.37 Å². The normalized spacial score (nSPS) is 16.3. The minimum Gasteiger partial charge on any atom is -0.497 e. The van der Waals surface area contributed by atoms with Crippen molar-refractivity contribution in [2.45, 2.75) is 25.3 Å². The van der Waals surface area contributed by atoms with Crippen molar-refractivity contribution in [3.05, 3.63) is 54.0 Å². The molecule has 1 aromatic carbocycles. The number of guanidine groups is 1. The molecule has 1 aromatic heterocycles. The summed E-state index contributed by atoms with van der Waals surface area (Å²) in [6.07, 6.45) is 4.50. The highest BCUT2D eigenvalue weighted by Gasteiger charge is 2.25. The predicted octanol–water partition coefficient (Wildman–Crippen LogP) is 3.22.